The Balaban J connectivity index is 1.14. The third kappa shape index (κ3) is 10.2. The van der Waals surface area contributed by atoms with Crippen LogP contribution in [0.4, 0.5) is 17.1 Å². The highest BCUT2D eigenvalue weighted by atomic mass is 35.5. The minimum Gasteiger partial charge on any atom is -0.471 e. The zero-order valence-corrected chi connectivity index (χ0v) is 34.9. The van der Waals surface area contributed by atoms with Crippen molar-refractivity contribution >= 4 is 62.9 Å². The van der Waals surface area contributed by atoms with Crippen molar-refractivity contribution in [3.8, 4) is 11.4 Å². The molecule has 0 fully saturated rings. The summed E-state index contributed by atoms with van der Waals surface area (Å²) in [5.74, 6) is -0.719. The number of unbranched alkanes of at least 4 members (excludes halogenated alkanes) is 9. The number of fused-ring (bicyclic) bond motifs is 1. The standard InChI is InChI=1S/C42H49ClN8O7S/c1-4-5-6-7-8-9-10-11-12-13-18-35(52)45-32-16-14-15-17-34(32)58-27-44-28-19-20-31(43)33(25-28)46-38(53)36(51-41(55)48(2)49(3)42(51)56)37-47-39-30(21-23-57-39)40(54)50(37)29-22-24-59-26-29/h14-17,19-26,36,44H,4-13,18,27H2,1-3H3,(H,45,52)(H,46,53). The number of ether oxygens (including phenoxy) is 1. The summed E-state index contributed by atoms with van der Waals surface area (Å²) in [5, 5.41) is 12.6. The predicted octanol–water partition coefficient (Wildman–Crippen LogP) is 7.82. The second-order valence-corrected chi connectivity index (χ2v) is 15.4. The molecule has 0 aliphatic heterocycles. The number of halogens is 1. The topological polar surface area (TPSA) is 176 Å². The molecule has 1 unspecified atom stereocenters. The van der Waals surface area contributed by atoms with Crippen LogP contribution < -0.4 is 37.6 Å². The number of carbonyl (C=O) groups is 2. The molecule has 17 heteroatoms. The molecular formula is C42H49ClN8O7S. The molecule has 0 aliphatic carbocycles. The van der Waals surface area contributed by atoms with Gasteiger partial charge >= 0.3 is 11.4 Å². The van der Waals surface area contributed by atoms with Crippen molar-refractivity contribution in [2.45, 2.75) is 83.6 Å². The second-order valence-electron chi connectivity index (χ2n) is 14.2. The third-order valence-electron chi connectivity index (χ3n) is 10.1. The number of rotatable bonds is 21. The molecule has 6 rings (SSSR count). The molecule has 2 aromatic carbocycles. The van der Waals surface area contributed by atoms with Crippen molar-refractivity contribution < 1.29 is 18.7 Å². The van der Waals surface area contributed by atoms with E-state index in [9.17, 15) is 24.0 Å². The van der Waals surface area contributed by atoms with Gasteiger partial charge in [-0.05, 0) is 54.3 Å². The van der Waals surface area contributed by atoms with Gasteiger partial charge in [-0.3, -0.25) is 19.0 Å². The van der Waals surface area contributed by atoms with Gasteiger partial charge in [0.05, 0.1) is 28.3 Å². The molecule has 0 radical (unpaired) electrons. The maximum atomic E-state index is 14.4. The molecule has 1 atom stereocenters. The van der Waals surface area contributed by atoms with Gasteiger partial charge in [0.1, 0.15) is 11.1 Å². The minimum atomic E-state index is -1.75. The number of amides is 2. The summed E-state index contributed by atoms with van der Waals surface area (Å²) in [6, 6.07) is 13.3. The van der Waals surface area contributed by atoms with Crippen LogP contribution in [0.5, 0.6) is 5.75 Å². The Bertz CT molecular complexity index is 2520. The van der Waals surface area contributed by atoms with Crippen molar-refractivity contribution in [3.63, 3.8) is 0 Å². The van der Waals surface area contributed by atoms with Gasteiger partial charge in [0.25, 0.3) is 11.5 Å². The molecule has 4 aromatic heterocycles. The SMILES string of the molecule is CCCCCCCCCCCCC(=O)Nc1ccccc1OCNc1ccc(Cl)c(NC(=O)C(c2nc3occc3c(=O)n2-c2ccsc2)n2c(=O)n(C)n(C)c2=O)c1. The third-order valence-corrected chi connectivity index (χ3v) is 11.1. The van der Waals surface area contributed by atoms with Crippen LogP contribution in [-0.2, 0) is 23.7 Å². The highest BCUT2D eigenvalue weighted by molar-refractivity contribution is 7.08. The van der Waals surface area contributed by atoms with Crippen molar-refractivity contribution in [1.82, 2.24) is 23.5 Å². The van der Waals surface area contributed by atoms with E-state index in [4.69, 9.17) is 20.8 Å². The van der Waals surface area contributed by atoms with Crippen molar-refractivity contribution in [3.05, 3.63) is 114 Å². The summed E-state index contributed by atoms with van der Waals surface area (Å²) < 4.78 is 15.5. The van der Waals surface area contributed by atoms with E-state index in [0.29, 0.717) is 29.2 Å². The number of nitrogens with one attached hydrogen (secondary N) is 3. The Labute approximate surface area is 349 Å². The molecular weight excluding hydrogens is 796 g/mol. The summed E-state index contributed by atoms with van der Waals surface area (Å²) >= 11 is 7.89. The fraction of sp³-hybridized carbons (Fsp3) is 0.381. The van der Waals surface area contributed by atoms with Crippen LogP contribution in [-0.4, -0.2) is 42.0 Å². The van der Waals surface area contributed by atoms with E-state index in [-0.39, 0.29) is 40.3 Å². The fourth-order valence-corrected chi connectivity index (χ4v) is 7.56. The van der Waals surface area contributed by atoms with Crippen LogP contribution in [0.25, 0.3) is 16.8 Å². The molecule has 312 valence electrons. The van der Waals surface area contributed by atoms with Crippen LogP contribution in [0.1, 0.15) is 89.4 Å². The molecule has 0 bridgehead atoms. The van der Waals surface area contributed by atoms with Gasteiger partial charge in [-0.15, -0.1) is 0 Å². The molecule has 0 saturated heterocycles. The largest absolute Gasteiger partial charge is 0.471 e. The molecule has 15 nitrogen and oxygen atoms in total. The van der Waals surface area contributed by atoms with E-state index in [1.165, 1.54) is 87.3 Å². The van der Waals surface area contributed by atoms with E-state index >= 15 is 0 Å². The number of furan rings is 1. The Morgan fingerprint density at radius 1 is 0.864 bits per heavy atom. The van der Waals surface area contributed by atoms with Crippen molar-refractivity contribution in [2.75, 3.05) is 22.7 Å². The van der Waals surface area contributed by atoms with Gasteiger partial charge in [-0.2, -0.15) is 16.3 Å². The van der Waals surface area contributed by atoms with Gasteiger partial charge in [-0.1, -0.05) is 88.4 Å². The predicted molar refractivity (Wildman–Crippen MR) is 231 cm³/mol. The number of hydrogen-bond donors (Lipinski definition) is 3. The smallest absolute Gasteiger partial charge is 0.348 e. The second kappa shape index (κ2) is 20.2. The first-order valence-electron chi connectivity index (χ1n) is 19.8. The van der Waals surface area contributed by atoms with Crippen molar-refractivity contribution in [2.24, 2.45) is 14.1 Å². The Morgan fingerprint density at radius 2 is 1.56 bits per heavy atom. The molecule has 0 saturated carbocycles. The lowest BCUT2D eigenvalue weighted by Gasteiger charge is -2.20. The monoisotopic (exact) mass is 844 g/mol. The summed E-state index contributed by atoms with van der Waals surface area (Å²) in [4.78, 5) is 72.7. The Kier molecular flexibility index (Phi) is 14.6. The highest BCUT2D eigenvalue weighted by Crippen LogP contribution is 2.29. The number of hydrogen-bond acceptors (Lipinski definition) is 10. The van der Waals surface area contributed by atoms with Gasteiger partial charge in [0.2, 0.25) is 11.6 Å². The van der Waals surface area contributed by atoms with Gasteiger partial charge in [0, 0.05) is 31.6 Å². The van der Waals surface area contributed by atoms with E-state index < -0.39 is 28.9 Å². The first kappa shape index (κ1) is 42.7. The van der Waals surface area contributed by atoms with E-state index in [2.05, 4.69) is 27.9 Å². The summed E-state index contributed by atoms with van der Waals surface area (Å²) in [5.41, 5.74) is -0.716. The molecule has 3 N–H and O–H groups in total. The van der Waals surface area contributed by atoms with Crippen LogP contribution in [0, 0.1) is 0 Å². The van der Waals surface area contributed by atoms with Crippen LogP contribution in [0.3, 0.4) is 0 Å². The quantitative estimate of drug-likeness (QED) is 0.0482. The average Bonchev–Trinajstić information content (AvgIpc) is 3.98. The molecule has 2 amide bonds. The Morgan fingerprint density at radius 3 is 2.25 bits per heavy atom. The van der Waals surface area contributed by atoms with Crippen LogP contribution in [0.15, 0.2) is 90.4 Å². The number of thiophene rings is 1. The maximum absolute atomic E-state index is 14.4. The molecule has 6 aromatic rings. The molecule has 4 heterocycles. The van der Waals surface area contributed by atoms with E-state index in [1.54, 1.807) is 53.2 Å². The lowest BCUT2D eigenvalue weighted by Crippen LogP contribution is -2.42. The summed E-state index contributed by atoms with van der Waals surface area (Å²) in [6.45, 7) is 2.21. The fourth-order valence-electron chi connectivity index (χ4n) is 6.78. The highest BCUT2D eigenvalue weighted by Gasteiger charge is 2.35. The first-order valence-corrected chi connectivity index (χ1v) is 21.1. The number of anilines is 3. The molecule has 0 aliphatic rings. The first-order chi connectivity index (χ1) is 28.6. The number of benzene rings is 2. The minimum absolute atomic E-state index is 0.0155. The lowest BCUT2D eigenvalue weighted by atomic mass is 10.1. The maximum Gasteiger partial charge on any atom is 0.348 e. The summed E-state index contributed by atoms with van der Waals surface area (Å²) in [6.07, 6.45) is 13.6. The number of para-hydroxylation sites is 2. The van der Waals surface area contributed by atoms with Crippen LogP contribution in [0.2, 0.25) is 5.02 Å². The molecule has 59 heavy (non-hydrogen) atoms. The number of nitrogens with zero attached hydrogens (tertiary/aromatic N) is 5. The van der Waals surface area contributed by atoms with Crippen LogP contribution >= 0.6 is 22.9 Å². The van der Waals surface area contributed by atoms with Gasteiger partial charge in [-0.25, -0.2) is 23.5 Å². The lowest BCUT2D eigenvalue weighted by molar-refractivity contribution is -0.118. The van der Waals surface area contributed by atoms with Crippen molar-refractivity contribution in [1.29, 1.82) is 0 Å². The van der Waals surface area contributed by atoms with Gasteiger partial charge in [0.15, 0.2) is 18.6 Å². The number of aromatic nitrogens is 5. The van der Waals surface area contributed by atoms with E-state index in [1.807, 2.05) is 6.07 Å². The zero-order valence-electron chi connectivity index (χ0n) is 33.4. The normalized spacial score (nSPS) is 11.8. The van der Waals surface area contributed by atoms with Gasteiger partial charge < -0.3 is 25.1 Å². The van der Waals surface area contributed by atoms with E-state index in [0.717, 1.165) is 33.2 Å². The number of carbonyl (C=O) groups excluding carboxylic acids is 2. The average molecular weight is 845 g/mol. The summed E-state index contributed by atoms with van der Waals surface area (Å²) in [7, 11) is 2.76. The molecule has 0 spiro atoms. The Hall–Kier alpha value is -5.87. The zero-order chi connectivity index (χ0) is 41.9.